The summed E-state index contributed by atoms with van der Waals surface area (Å²) in [7, 11) is 0. The quantitative estimate of drug-likeness (QED) is 0.437. The number of benzene rings is 2. The van der Waals surface area contributed by atoms with Crippen molar-refractivity contribution in [3.8, 4) is 0 Å². The first-order valence-electron chi connectivity index (χ1n) is 5.23. The third-order valence-electron chi connectivity index (χ3n) is 2.41. The molecule has 2 aromatic rings. The van der Waals surface area contributed by atoms with Gasteiger partial charge < -0.3 is 16.8 Å². The normalized spacial score (nSPS) is 10.0. The number of nitro benzene ring substituents is 1. The molecule has 0 aliphatic carbocycles. The van der Waals surface area contributed by atoms with Gasteiger partial charge in [-0.15, -0.1) is 0 Å². The average Bonchev–Trinajstić information content (AvgIpc) is 2.34. The molecule has 0 aromatic heterocycles. The van der Waals surface area contributed by atoms with Crippen molar-refractivity contribution in [3.05, 3.63) is 52.6 Å². The number of hydrogen-bond acceptors (Lipinski definition) is 5. The van der Waals surface area contributed by atoms with Gasteiger partial charge in [0, 0.05) is 23.1 Å². The molecule has 0 unspecified atom stereocenters. The lowest BCUT2D eigenvalue weighted by molar-refractivity contribution is -0.383. The van der Waals surface area contributed by atoms with Crippen LogP contribution in [0, 0.1) is 10.1 Å². The van der Waals surface area contributed by atoms with E-state index in [0.29, 0.717) is 17.1 Å². The third kappa shape index (κ3) is 2.49. The van der Waals surface area contributed by atoms with E-state index in [2.05, 4.69) is 5.32 Å². The minimum atomic E-state index is -0.476. The summed E-state index contributed by atoms with van der Waals surface area (Å²) in [6.45, 7) is 0. The van der Waals surface area contributed by atoms with E-state index in [1.54, 1.807) is 36.4 Å². The molecule has 6 nitrogen and oxygen atoms in total. The fraction of sp³-hybridized carbons (Fsp3) is 0. The van der Waals surface area contributed by atoms with Crippen molar-refractivity contribution in [2.24, 2.45) is 0 Å². The van der Waals surface area contributed by atoms with Crippen LogP contribution in [0.2, 0.25) is 0 Å². The summed E-state index contributed by atoms with van der Waals surface area (Å²) in [5.41, 5.74) is 13.1. The molecular weight excluding hydrogens is 232 g/mol. The van der Waals surface area contributed by atoms with Crippen molar-refractivity contribution < 1.29 is 4.92 Å². The van der Waals surface area contributed by atoms with Gasteiger partial charge in [0.1, 0.15) is 5.69 Å². The van der Waals surface area contributed by atoms with Crippen LogP contribution in [-0.4, -0.2) is 4.92 Å². The van der Waals surface area contributed by atoms with Gasteiger partial charge in [-0.25, -0.2) is 0 Å². The van der Waals surface area contributed by atoms with E-state index in [-0.39, 0.29) is 5.69 Å². The molecule has 92 valence electrons. The fourth-order valence-corrected chi connectivity index (χ4v) is 1.53. The molecule has 0 saturated heterocycles. The van der Waals surface area contributed by atoms with Crippen molar-refractivity contribution in [1.29, 1.82) is 0 Å². The van der Waals surface area contributed by atoms with Crippen molar-refractivity contribution in [2.75, 3.05) is 16.8 Å². The number of nitrogen functional groups attached to an aromatic ring is 2. The number of hydrogen-bond donors (Lipinski definition) is 3. The molecule has 0 heterocycles. The zero-order valence-electron chi connectivity index (χ0n) is 9.46. The Balaban J connectivity index is 2.34. The first-order valence-corrected chi connectivity index (χ1v) is 5.23. The van der Waals surface area contributed by atoms with E-state index in [1.165, 1.54) is 6.07 Å². The predicted octanol–water partition coefficient (Wildman–Crippen LogP) is 2.50. The van der Waals surface area contributed by atoms with Crippen LogP contribution in [-0.2, 0) is 0 Å². The van der Waals surface area contributed by atoms with Crippen LogP contribution >= 0.6 is 0 Å². The summed E-state index contributed by atoms with van der Waals surface area (Å²) in [6, 6.07) is 11.4. The van der Waals surface area contributed by atoms with E-state index < -0.39 is 4.92 Å². The van der Waals surface area contributed by atoms with E-state index in [9.17, 15) is 10.1 Å². The summed E-state index contributed by atoms with van der Waals surface area (Å²) in [6.07, 6.45) is 0. The average molecular weight is 244 g/mol. The molecule has 0 atom stereocenters. The smallest absolute Gasteiger partial charge is 0.294 e. The summed E-state index contributed by atoms with van der Waals surface area (Å²) in [4.78, 5) is 10.4. The highest BCUT2D eigenvalue weighted by Crippen LogP contribution is 2.29. The molecule has 0 bridgehead atoms. The summed E-state index contributed by atoms with van der Waals surface area (Å²) in [5, 5.41) is 13.9. The van der Waals surface area contributed by atoms with Gasteiger partial charge in [-0.2, -0.15) is 0 Å². The summed E-state index contributed by atoms with van der Waals surface area (Å²) in [5.74, 6) is 0. The Morgan fingerprint density at radius 1 is 1.00 bits per heavy atom. The highest BCUT2D eigenvalue weighted by Gasteiger charge is 2.13. The van der Waals surface area contributed by atoms with Gasteiger partial charge in [0.2, 0.25) is 0 Å². The number of nitro groups is 1. The molecular formula is C12H12N4O2. The fourth-order valence-electron chi connectivity index (χ4n) is 1.53. The first-order chi connectivity index (χ1) is 8.56. The number of nitrogens with zero attached hydrogens (tertiary/aromatic N) is 1. The number of nitrogens with two attached hydrogens (primary N) is 2. The van der Waals surface area contributed by atoms with Gasteiger partial charge in [0.15, 0.2) is 0 Å². The third-order valence-corrected chi connectivity index (χ3v) is 2.41. The second kappa shape index (κ2) is 4.62. The van der Waals surface area contributed by atoms with Crippen molar-refractivity contribution in [1.82, 2.24) is 0 Å². The maximum atomic E-state index is 10.9. The Labute approximate surface area is 103 Å². The topological polar surface area (TPSA) is 107 Å². The van der Waals surface area contributed by atoms with Gasteiger partial charge in [-0.1, -0.05) is 0 Å². The van der Waals surface area contributed by atoms with Gasteiger partial charge in [0.05, 0.1) is 4.92 Å². The molecule has 0 radical (unpaired) electrons. The van der Waals surface area contributed by atoms with E-state index in [0.717, 1.165) is 5.69 Å². The molecule has 0 amide bonds. The molecule has 0 aliphatic heterocycles. The van der Waals surface area contributed by atoms with Crippen LogP contribution in [0.1, 0.15) is 0 Å². The Hall–Kier alpha value is -2.76. The number of rotatable bonds is 3. The molecule has 2 aromatic carbocycles. The minimum absolute atomic E-state index is 0.0631. The maximum absolute atomic E-state index is 10.9. The lowest BCUT2D eigenvalue weighted by atomic mass is 10.2. The van der Waals surface area contributed by atoms with Crippen molar-refractivity contribution in [3.63, 3.8) is 0 Å². The van der Waals surface area contributed by atoms with Gasteiger partial charge in [-0.05, 0) is 36.4 Å². The van der Waals surface area contributed by atoms with Gasteiger partial charge >= 0.3 is 0 Å². The first kappa shape index (κ1) is 11.7. The molecule has 18 heavy (non-hydrogen) atoms. The van der Waals surface area contributed by atoms with E-state index in [1.807, 2.05) is 0 Å². The molecule has 0 spiro atoms. The monoisotopic (exact) mass is 244 g/mol. The van der Waals surface area contributed by atoms with Crippen LogP contribution in [0.15, 0.2) is 42.5 Å². The number of nitrogens with one attached hydrogen (secondary N) is 1. The zero-order valence-corrected chi connectivity index (χ0v) is 9.46. The van der Waals surface area contributed by atoms with Crippen molar-refractivity contribution in [2.45, 2.75) is 0 Å². The van der Waals surface area contributed by atoms with Crippen LogP contribution in [0.25, 0.3) is 0 Å². The van der Waals surface area contributed by atoms with Crippen molar-refractivity contribution >= 4 is 28.4 Å². The lowest BCUT2D eigenvalue weighted by Crippen LogP contribution is -1.98. The van der Waals surface area contributed by atoms with Crippen LogP contribution in [0.4, 0.5) is 28.4 Å². The standard InChI is InChI=1S/C12H12N4O2/c13-8-1-4-10(5-2-8)15-11-6-3-9(14)7-12(11)16(17)18/h1-7,15H,13-14H2. The molecule has 0 aliphatic rings. The Kier molecular flexibility index (Phi) is 3.01. The summed E-state index contributed by atoms with van der Waals surface area (Å²) >= 11 is 0. The molecule has 2 rings (SSSR count). The largest absolute Gasteiger partial charge is 0.399 e. The second-order valence-corrected chi connectivity index (χ2v) is 3.78. The van der Waals surface area contributed by atoms with Gasteiger partial charge in [0.25, 0.3) is 5.69 Å². The molecule has 5 N–H and O–H groups in total. The maximum Gasteiger partial charge on any atom is 0.294 e. The Morgan fingerprint density at radius 2 is 1.61 bits per heavy atom. The Bertz CT molecular complexity index is 581. The van der Waals surface area contributed by atoms with E-state index >= 15 is 0 Å². The minimum Gasteiger partial charge on any atom is -0.399 e. The highest BCUT2D eigenvalue weighted by atomic mass is 16.6. The predicted molar refractivity (Wildman–Crippen MR) is 71.6 cm³/mol. The highest BCUT2D eigenvalue weighted by molar-refractivity contribution is 5.73. The SMILES string of the molecule is Nc1ccc(Nc2ccc(N)cc2[N+](=O)[O-])cc1. The molecule has 0 saturated carbocycles. The summed E-state index contributed by atoms with van der Waals surface area (Å²) < 4.78 is 0. The van der Waals surface area contributed by atoms with E-state index in [4.69, 9.17) is 11.5 Å². The lowest BCUT2D eigenvalue weighted by Gasteiger charge is -2.07. The van der Waals surface area contributed by atoms with Gasteiger partial charge in [-0.3, -0.25) is 10.1 Å². The van der Waals surface area contributed by atoms with Crippen LogP contribution < -0.4 is 16.8 Å². The number of anilines is 4. The van der Waals surface area contributed by atoms with Crippen LogP contribution in [0.5, 0.6) is 0 Å². The second-order valence-electron chi connectivity index (χ2n) is 3.78. The Morgan fingerprint density at radius 3 is 2.22 bits per heavy atom. The molecule has 6 heteroatoms. The van der Waals surface area contributed by atoms with Crippen LogP contribution in [0.3, 0.4) is 0 Å². The zero-order chi connectivity index (χ0) is 13.1. The molecule has 0 fully saturated rings.